The van der Waals surface area contributed by atoms with Gasteiger partial charge in [0.25, 0.3) is 0 Å². The highest BCUT2D eigenvalue weighted by atomic mass is 35.5. The standard InChI is InChI=1S/C26H31ClN2O7/c1-6-23(30)28-20-14-21(34-4)22(13-18(20)26(33)35-5)36-15-16(3)29(24(31)7-2)25(32)12-17-10-8-9-11-19(17)27/h8-11,13-14,16H,6-7,12,15H2,1-5H3,(H,28,30). The average Bonchev–Trinajstić information content (AvgIpc) is 2.88. The lowest BCUT2D eigenvalue weighted by molar-refractivity contribution is -0.147. The highest BCUT2D eigenvalue weighted by Crippen LogP contribution is 2.34. The van der Waals surface area contributed by atoms with Crippen LogP contribution < -0.4 is 14.8 Å². The molecule has 0 aliphatic carbocycles. The van der Waals surface area contributed by atoms with Crippen molar-refractivity contribution in [2.75, 3.05) is 26.1 Å². The van der Waals surface area contributed by atoms with Gasteiger partial charge in [0.1, 0.15) is 6.61 Å². The summed E-state index contributed by atoms with van der Waals surface area (Å²) in [6, 6.07) is 9.14. The monoisotopic (exact) mass is 518 g/mol. The van der Waals surface area contributed by atoms with Crippen LogP contribution in [0.5, 0.6) is 11.5 Å². The van der Waals surface area contributed by atoms with Crippen LogP contribution in [0.4, 0.5) is 5.69 Å². The molecule has 36 heavy (non-hydrogen) atoms. The summed E-state index contributed by atoms with van der Waals surface area (Å²) in [5.74, 6) is -1.32. The number of anilines is 1. The zero-order valence-corrected chi connectivity index (χ0v) is 21.8. The van der Waals surface area contributed by atoms with E-state index in [1.165, 1.54) is 26.4 Å². The first-order valence-corrected chi connectivity index (χ1v) is 11.9. The van der Waals surface area contributed by atoms with Gasteiger partial charge in [0.05, 0.1) is 37.9 Å². The van der Waals surface area contributed by atoms with Gasteiger partial charge in [-0.3, -0.25) is 19.3 Å². The van der Waals surface area contributed by atoms with Gasteiger partial charge in [-0.05, 0) is 18.6 Å². The molecule has 0 bridgehead atoms. The van der Waals surface area contributed by atoms with E-state index in [0.717, 1.165) is 4.90 Å². The fourth-order valence-electron chi connectivity index (χ4n) is 3.43. The first-order chi connectivity index (χ1) is 17.2. The number of amides is 3. The van der Waals surface area contributed by atoms with Gasteiger partial charge in [0, 0.05) is 30.0 Å². The van der Waals surface area contributed by atoms with Gasteiger partial charge in [-0.2, -0.15) is 0 Å². The summed E-state index contributed by atoms with van der Waals surface area (Å²) in [5, 5.41) is 3.08. The van der Waals surface area contributed by atoms with Crippen LogP contribution in [0.2, 0.25) is 5.02 Å². The topological polar surface area (TPSA) is 111 Å². The van der Waals surface area contributed by atoms with Gasteiger partial charge in [0.2, 0.25) is 17.7 Å². The minimum Gasteiger partial charge on any atom is -0.493 e. The first-order valence-electron chi connectivity index (χ1n) is 11.5. The van der Waals surface area contributed by atoms with Crippen molar-refractivity contribution >= 4 is 41.0 Å². The number of methoxy groups -OCH3 is 2. The number of nitrogens with zero attached hydrogens (tertiary/aromatic N) is 1. The lowest BCUT2D eigenvalue weighted by atomic mass is 10.1. The second kappa shape index (κ2) is 13.5. The molecule has 0 aliphatic heterocycles. The Kier molecular flexibility index (Phi) is 10.7. The largest absolute Gasteiger partial charge is 0.493 e. The molecule has 1 atom stereocenters. The number of esters is 1. The lowest BCUT2D eigenvalue weighted by Gasteiger charge is -2.28. The molecule has 1 unspecified atom stereocenters. The fourth-order valence-corrected chi connectivity index (χ4v) is 3.63. The molecule has 0 aromatic heterocycles. The number of carbonyl (C=O) groups is 4. The molecule has 194 valence electrons. The van der Waals surface area contributed by atoms with E-state index in [0.29, 0.717) is 10.6 Å². The van der Waals surface area contributed by atoms with Crippen LogP contribution in [-0.4, -0.2) is 55.5 Å². The molecule has 2 aromatic rings. The lowest BCUT2D eigenvalue weighted by Crippen LogP contribution is -2.46. The maximum Gasteiger partial charge on any atom is 0.340 e. The Labute approximate surface area is 215 Å². The van der Waals surface area contributed by atoms with Crippen LogP contribution in [-0.2, 0) is 25.5 Å². The number of rotatable bonds is 11. The number of halogens is 1. The first kappa shape index (κ1) is 28.6. The van der Waals surface area contributed by atoms with Crippen LogP contribution in [0, 0.1) is 0 Å². The molecule has 0 radical (unpaired) electrons. The highest BCUT2D eigenvalue weighted by Gasteiger charge is 2.27. The van der Waals surface area contributed by atoms with E-state index in [-0.39, 0.29) is 60.4 Å². The van der Waals surface area contributed by atoms with Gasteiger partial charge in [-0.1, -0.05) is 43.6 Å². The second-order valence-electron chi connectivity index (χ2n) is 7.88. The minimum atomic E-state index is -0.681. The smallest absolute Gasteiger partial charge is 0.340 e. The number of hydrogen-bond acceptors (Lipinski definition) is 7. The molecule has 0 saturated heterocycles. The van der Waals surface area contributed by atoms with Crippen molar-refractivity contribution in [2.45, 2.75) is 46.1 Å². The molecule has 10 heteroatoms. The summed E-state index contributed by atoms with van der Waals surface area (Å²) < 4.78 is 16.1. The molecule has 9 nitrogen and oxygen atoms in total. The third kappa shape index (κ3) is 7.21. The van der Waals surface area contributed by atoms with Crippen molar-refractivity contribution in [3.63, 3.8) is 0 Å². The van der Waals surface area contributed by atoms with Crippen molar-refractivity contribution in [3.05, 3.63) is 52.5 Å². The summed E-state index contributed by atoms with van der Waals surface area (Å²) in [6.07, 6.45) is 0.291. The molecule has 2 aromatic carbocycles. The second-order valence-corrected chi connectivity index (χ2v) is 8.29. The highest BCUT2D eigenvalue weighted by molar-refractivity contribution is 6.31. The Morgan fingerprint density at radius 1 is 1.00 bits per heavy atom. The zero-order chi connectivity index (χ0) is 26.8. The van der Waals surface area contributed by atoms with E-state index in [1.54, 1.807) is 45.0 Å². The summed E-state index contributed by atoms with van der Waals surface area (Å²) >= 11 is 6.19. The van der Waals surface area contributed by atoms with Crippen LogP contribution >= 0.6 is 11.6 Å². The van der Waals surface area contributed by atoms with E-state index in [4.69, 9.17) is 25.8 Å². The van der Waals surface area contributed by atoms with Crippen molar-refractivity contribution in [2.24, 2.45) is 0 Å². The van der Waals surface area contributed by atoms with Crippen LogP contribution in [0.3, 0.4) is 0 Å². The summed E-state index contributed by atoms with van der Waals surface area (Å²) in [7, 11) is 2.63. The third-order valence-corrected chi connectivity index (χ3v) is 5.73. The van der Waals surface area contributed by atoms with Gasteiger partial charge >= 0.3 is 5.97 Å². The Morgan fingerprint density at radius 2 is 1.69 bits per heavy atom. The third-order valence-electron chi connectivity index (χ3n) is 5.36. The van der Waals surface area contributed by atoms with Crippen molar-refractivity contribution < 1.29 is 33.4 Å². The van der Waals surface area contributed by atoms with Gasteiger partial charge in [-0.15, -0.1) is 0 Å². The number of nitrogens with one attached hydrogen (secondary N) is 1. The van der Waals surface area contributed by atoms with Crippen LogP contribution in [0.25, 0.3) is 0 Å². The Hall–Kier alpha value is -3.59. The van der Waals surface area contributed by atoms with Crippen molar-refractivity contribution in [1.29, 1.82) is 0 Å². The van der Waals surface area contributed by atoms with Crippen molar-refractivity contribution in [3.8, 4) is 11.5 Å². The zero-order valence-electron chi connectivity index (χ0n) is 21.1. The molecular formula is C26H31ClN2O7. The van der Waals surface area contributed by atoms with Gasteiger partial charge in [-0.25, -0.2) is 4.79 Å². The van der Waals surface area contributed by atoms with E-state index >= 15 is 0 Å². The van der Waals surface area contributed by atoms with Crippen LogP contribution in [0.1, 0.15) is 49.5 Å². The number of hydrogen-bond donors (Lipinski definition) is 1. The van der Waals surface area contributed by atoms with E-state index < -0.39 is 17.9 Å². The predicted molar refractivity (Wildman–Crippen MR) is 136 cm³/mol. The SMILES string of the molecule is CCC(=O)Nc1cc(OC)c(OCC(C)N(C(=O)CC)C(=O)Cc2ccccc2Cl)cc1C(=O)OC. The molecule has 0 heterocycles. The predicted octanol–water partition coefficient (Wildman–Crippen LogP) is 4.26. The number of imide groups is 1. The summed E-state index contributed by atoms with van der Waals surface area (Å²) in [5.41, 5.74) is 0.892. The number of benzene rings is 2. The number of ether oxygens (including phenoxy) is 3. The van der Waals surface area contributed by atoms with Crippen molar-refractivity contribution in [1.82, 2.24) is 4.90 Å². The van der Waals surface area contributed by atoms with Gasteiger partial charge < -0.3 is 19.5 Å². The molecule has 2 rings (SSSR count). The minimum absolute atomic E-state index is 0.0443. The Balaban J connectivity index is 2.30. The molecule has 3 amide bonds. The summed E-state index contributed by atoms with van der Waals surface area (Å²) in [4.78, 5) is 51.1. The molecular weight excluding hydrogens is 488 g/mol. The molecule has 0 fully saturated rings. The maximum absolute atomic E-state index is 13.1. The van der Waals surface area contributed by atoms with E-state index in [2.05, 4.69) is 5.32 Å². The van der Waals surface area contributed by atoms with Gasteiger partial charge in [0.15, 0.2) is 11.5 Å². The summed E-state index contributed by atoms with van der Waals surface area (Å²) in [6.45, 7) is 4.96. The molecule has 1 N–H and O–H groups in total. The van der Waals surface area contributed by atoms with E-state index in [9.17, 15) is 19.2 Å². The molecule has 0 aliphatic rings. The Bertz CT molecular complexity index is 1120. The quantitative estimate of drug-likeness (QED) is 0.442. The average molecular weight is 519 g/mol. The number of carbonyl (C=O) groups excluding carboxylic acids is 4. The maximum atomic E-state index is 13.1. The molecule has 0 saturated carbocycles. The normalized spacial score (nSPS) is 11.3. The van der Waals surface area contributed by atoms with Crippen LogP contribution in [0.15, 0.2) is 36.4 Å². The Morgan fingerprint density at radius 3 is 2.28 bits per heavy atom. The van der Waals surface area contributed by atoms with E-state index in [1.807, 2.05) is 0 Å². The molecule has 0 spiro atoms. The fraction of sp³-hybridized carbons (Fsp3) is 0.385.